The number of benzene rings is 3. The number of aromatic nitrogens is 2. The Morgan fingerprint density at radius 1 is 1.04 bits per heavy atom. The number of aryl methyl sites for hydroxylation is 1. The largest absolute Gasteiger partial charge is 0.348 e. The maximum absolute atomic E-state index is 12.2. The molecule has 4 aromatic rings. The Kier molecular flexibility index (Phi) is 4.65. The summed E-state index contributed by atoms with van der Waals surface area (Å²) in [6.07, 6.45) is 1.86. The van der Waals surface area contributed by atoms with Crippen LogP contribution in [0.5, 0.6) is 0 Å². The molecule has 5 heteroatoms. The molecule has 3 aromatic carbocycles. The molecule has 0 saturated carbocycles. The Bertz CT molecular complexity index is 1120. The van der Waals surface area contributed by atoms with Gasteiger partial charge in [0.15, 0.2) is 0 Å². The van der Waals surface area contributed by atoms with Crippen LogP contribution in [0.2, 0.25) is 5.02 Å². The summed E-state index contributed by atoms with van der Waals surface area (Å²) >= 11 is 6.46. The number of rotatable bonds is 4. The van der Waals surface area contributed by atoms with E-state index in [0.29, 0.717) is 17.1 Å². The zero-order chi connectivity index (χ0) is 18.8. The second-order valence-electron chi connectivity index (χ2n) is 6.40. The van der Waals surface area contributed by atoms with Crippen LogP contribution in [0.4, 0.5) is 0 Å². The second kappa shape index (κ2) is 7.25. The fourth-order valence-electron chi connectivity index (χ4n) is 3.08. The molecular formula is C22H18ClN3O. The SMILES string of the molecule is Cn1ncc2cc(-c3ccc(CNC(=O)c4ccccc4)c(Cl)c3)ccc21. The van der Waals surface area contributed by atoms with Crippen molar-refractivity contribution >= 4 is 28.4 Å². The van der Waals surface area contributed by atoms with Crippen molar-refractivity contribution in [3.8, 4) is 11.1 Å². The highest BCUT2D eigenvalue weighted by Gasteiger charge is 2.09. The summed E-state index contributed by atoms with van der Waals surface area (Å²) < 4.78 is 1.85. The zero-order valence-corrected chi connectivity index (χ0v) is 15.6. The summed E-state index contributed by atoms with van der Waals surface area (Å²) in [6, 6.07) is 21.3. The summed E-state index contributed by atoms with van der Waals surface area (Å²) in [7, 11) is 1.93. The van der Waals surface area contributed by atoms with Crippen LogP contribution in [0, 0.1) is 0 Å². The highest BCUT2D eigenvalue weighted by Crippen LogP contribution is 2.28. The molecule has 1 aromatic heterocycles. The minimum atomic E-state index is -0.113. The second-order valence-corrected chi connectivity index (χ2v) is 6.80. The summed E-state index contributed by atoms with van der Waals surface area (Å²) in [5, 5.41) is 8.91. The molecule has 4 nitrogen and oxygen atoms in total. The number of halogens is 1. The van der Waals surface area contributed by atoms with Crippen molar-refractivity contribution in [1.82, 2.24) is 15.1 Å². The molecule has 134 valence electrons. The van der Waals surface area contributed by atoms with Crippen molar-refractivity contribution < 1.29 is 4.79 Å². The number of hydrogen-bond donors (Lipinski definition) is 1. The highest BCUT2D eigenvalue weighted by molar-refractivity contribution is 6.31. The third kappa shape index (κ3) is 3.57. The van der Waals surface area contributed by atoms with Gasteiger partial charge >= 0.3 is 0 Å². The van der Waals surface area contributed by atoms with Gasteiger partial charge in [0.05, 0.1) is 11.7 Å². The van der Waals surface area contributed by atoms with Gasteiger partial charge in [-0.1, -0.05) is 48.0 Å². The van der Waals surface area contributed by atoms with E-state index in [2.05, 4.69) is 28.6 Å². The highest BCUT2D eigenvalue weighted by atomic mass is 35.5. The van der Waals surface area contributed by atoms with Gasteiger partial charge in [0.1, 0.15) is 0 Å². The first kappa shape index (κ1) is 17.3. The molecule has 0 spiro atoms. The summed E-state index contributed by atoms with van der Waals surface area (Å²) in [4.78, 5) is 12.2. The van der Waals surface area contributed by atoms with Crippen LogP contribution >= 0.6 is 11.6 Å². The normalized spacial score (nSPS) is 10.9. The van der Waals surface area contributed by atoms with E-state index < -0.39 is 0 Å². The van der Waals surface area contributed by atoms with Crippen molar-refractivity contribution in [2.45, 2.75) is 6.54 Å². The van der Waals surface area contributed by atoms with Gasteiger partial charge in [-0.3, -0.25) is 9.48 Å². The molecule has 0 atom stereocenters. The number of amides is 1. The van der Waals surface area contributed by atoms with E-state index in [4.69, 9.17) is 11.6 Å². The molecule has 0 aliphatic carbocycles. The molecule has 1 heterocycles. The standard InChI is InChI=1S/C22H18ClN3O/c1-26-21-10-9-16(11-19(21)14-25-26)17-7-8-18(20(23)12-17)13-24-22(27)15-5-3-2-4-6-15/h2-12,14H,13H2,1H3,(H,24,27). The number of hydrogen-bond acceptors (Lipinski definition) is 2. The van der Waals surface area contributed by atoms with Crippen molar-refractivity contribution in [3.63, 3.8) is 0 Å². The first-order chi connectivity index (χ1) is 13.1. The van der Waals surface area contributed by atoms with Crippen LogP contribution in [-0.4, -0.2) is 15.7 Å². The maximum Gasteiger partial charge on any atom is 0.251 e. The predicted octanol–water partition coefficient (Wildman–Crippen LogP) is 4.82. The Morgan fingerprint density at radius 2 is 1.78 bits per heavy atom. The predicted molar refractivity (Wildman–Crippen MR) is 109 cm³/mol. The molecule has 1 N–H and O–H groups in total. The third-order valence-corrected chi connectivity index (χ3v) is 4.96. The van der Waals surface area contributed by atoms with E-state index >= 15 is 0 Å². The molecule has 0 fully saturated rings. The number of fused-ring (bicyclic) bond motifs is 1. The molecule has 1 amide bonds. The molecule has 27 heavy (non-hydrogen) atoms. The number of carbonyl (C=O) groups is 1. The Labute approximate surface area is 162 Å². The Balaban J connectivity index is 1.52. The van der Waals surface area contributed by atoms with Crippen LogP contribution in [0.25, 0.3) is 22.0 Å². The Hall–Kier alpha value is -3.11. The van der Waals surface area contributed by atoms with Crippen LogP contribution in [0.15, 0.2) is 72.9 Å². The van der Waals surface area contributed by atoms with E-state index in [1.165, 1.54) is 0 Å². The van der Waals surface area contributed by atoms with Gasteiger partial charge in [0, 0.05) is 29.6 Å². The minimum Gasteiger partial charge on any atom is -0.348 e. The quantitative estimate of drug-likeness (QED) is 0.555. The van der Waals surface area contributed by atoms with Crippen LogP contribution in [-0.2, 0) is 13.6 Å². The van der Waals surface area contributed by atoms with Crippen LogP contribution in [0.1, 0.15) is 15.9 Å². The Morgan fingerprint density at radius 3 is 2.56 bits per heavy atom. The van der Waals surface area contributed by atoms with Crippen molar-refractivity contribution in [1.29, 1.82) is 0 Å². The zero-order valence-electron chi connectivity index (χ0n) is 14.8. The number of nitrogens with zero attached hydrogens (tertiary/aromatic N) is 2. The van der Waals surface area contributed by atoms with Crippen molar-refractivity contribution in [2.75, 3.05) is 0 Å². The summed E-state index contributed by atoms with van der Waals surface area (Å²) in [5.74, 6) is -0.113. The fourth-order valence-corrected chi connectivity index (χ4v) is 3.33. The first-order valence-corrected chi connectivity index (χ1v) is 9.03. The molecule has 0 aliphatic rings. The van der Waals surface area contributed by atoms with Crippen LogP contribution < -0.4 is 5.32 Å². The smallest absolute Gasteiger partial charge is 0.251 e. The van der Waals surface area contributed by atoms with Gasteiger partial charge in [0.2, 0.25) is 0 Å². The van der Waals surface area contributed by atoms with Crippen LogP contribution in [0.3, 0.4) is 0 Å². The van der Waals surface area contributed by atoms with E-state index in [0.717, 1.165) is 27.6 Å². The molecule has 0 radical (unpaired) electrons. The van der Waals surface area contributed by atoms with Crippen molar-refractivity contribution in [3.05, 3.63) is 89.1 Å². The fraction of sp³-hybridized carbons (Fsp3) is 0.0909. The third-order valence-electron chi connectivity index (χ3n) is 4.61. The van der Waals surface area contributed by atoms with Gasteiger partial charge in [-0.25, -0.2) is 0 Å². The van der Waals surface area contributed by atoms with E-state index in [1.54, 1.807) is 12.1 Å². The molecular weight excluding hydrogens is 358 g/mol. The molecule has 4 rings (SSSR count). The van der Waals surface area contributed by atoms with E-state index in [-0.39, 0.29) is 5.91 Å². The van der Waals surface area contributed by atoms with Gasteiger partial charge in [0.25, 0.3) is 5.91 Å². The lowest BCUT2D eigenvalue weighted by Crippen LogP contribution is -2.22. The van der Waals surface area contributed by atoms with Gasteiger partial charge in [-0.05, 0) is 47.0 Å². The van der Waals surface area contributed by atoms with Gasteiger partial charge in [-0.2, -0.15) is 5.10 Å². The topological polar surface area (TPSA) is 46.9 Å². The lowest BCUT2D eigenvalue weighted by molar-refractivity contribution is 0.0951. The average molecular weight is 376 g/mol. The summed E-state index contributed by atoms with van der Waals surface area (Å²) in [5.41, 5.74) is 4.72. The number of nitrogens with one attached hydrogen (secondary N) is 1. The van der Waals surface area contributed by atoms with E-state index in [1.807, 2.05) is 54.3 Å². The molecule has 0 unspecified atom stereocenters. The molecule has 0 bridgehead atoms. The van der Waals surface area contributed by atoms with Crippen molar-refractivity contribution in [2.24, 2.45) is 7.05 Å². The lowest BCUT2D eigenvalue weighted by atomic mass is 10.0. The molecule has 0 saturated heterocycles. The van der Waals surface area contributed by atoms with E-state index in [9.17, 15) is 4.79 Å². The lowest BCUT2D eigenvalue weighted by Gasteiger charge is -2.09. The maximum atomic E-state index is 12.2. The van der Waals surface area contributed by atoms with Gasteiger partial charge in [-0.15, -0.1) is 0 Å². The van der Waals surface area contributed by atoms with Gasteiger partial charge < -0.3 is 5.32 Å². The number of carbonyl (C=O) groups excluding carboxylic acids is 1. The first-order valence-electron chi connectivity index (χ1n) is 8.65. The summed E-state index contributed by atoms with van der Waals surface area (Å²) in [6.45, 7) is 0.383. The molecule has 0 aliphatic heterocycles. The monoisotopic (exact) mass is 375 g/mol. The minimum absolute atomic E-state index is 0.113. The average Bonchev–Trinajstić information content (AvgIpc) is 3.07.